The van der Waals surface area contributed by atoms with E-state index < -0.39 is 18.0 Å². The van der Waals surface area contributed by atoms with Crippen LogP contribution in [0.2, 0.25) is 0 Å². The van der Waals surface area contributed by atoms with Crippen molar-refractivity contribution in [3.05, 3.63) is 0 Å². The first-order valence-corrected chi connectivity index (χ1v) is 3.77. The Labute approximate surface area is 76.1 Å². The Hall–Kier alpha value is -1.59. The maximum absolute atomic E-state index is 11.1. The van der Waals surface area contributed by atoms with E-state index in [1.54, 1.807) is 0 Å². The van der Waals surface area contributed by atoms with E-state index in [1.165, 1.54) is 20.9 Å². The highest BCUT2D eigenvalue weighted by Crippen LogP contribution is 1.81. The largest absolute Gasteiger partial charge is 0.345 e. The zero-order valence-electron chi connectivity index (χ0n) is 7.80. The summed E-state index contributed by atoms with van der Waals surface area (Å²) in [5.41, 5.74) is 0. The molecule has 0 aromatic rings. The van der Waals surface area contributed by atoms with Crippen LogP contribution in [0.25, 0.3) is 0 Å². The third-order valence-electron chi connectivity index (χ3n) is 1.28. The molecule has 74 valence electrons. The highest BCUT2D eigenvalue weighted by atomic mass is 16.2. The van der Waals surface area contributed by atoms with Crippen molar-refractivity contribution in [3.63, 3.8) is 0 Å². The molecule has 0 bridgehead atoms. The minimum atomic E-state index is -0.713. The molecule has 0 saturated heterocycles. The first-order valence-electron chi connectivity index (χ1n) is 3.77. The summed E-state index contributed by atoms with van der Waals surface area (Å²) in [7, 11) is 1.39. The van der Waals surface area contributed by atoms with Crippen LogP contribution >= 0.6 is 0 Å². The van der Waals surface area contributed by atoms with Crippen LogP contribution in [0.3, 0.4) is 0 Å². The van der Waals surface area contributed by atoms with Gasteiger partial charge in [0.2, 0.25) is 11.8 Å². The zero-order chi connectivity index (χ0) is 10.4. The minimum absolute atomic E-state index is 0.320. The van der Waals surface area contributed by atoms with Crippen molar-refractivity contribution in [2.45, 2.75) is 19.9 Å². The fraction of sp³-hybridized carbons (Fsp3) is 0.571. The van der Waals surface area contributed by atoms with Gasteiger partial charge in [-0.25, -0.2) is 4.79 Å². The fourth-order valence-electron chi connectivity index (χ4n) is 0.653. The molecule has 0 aromatic carbocycles. The predicted octanol–water partition coefficient (Wildman–Crippen LogP) is -1.03. The average molecular weight is 187 g/mol. The predicted molar refractivity (Wildman–Crippen MR) is 45.9 cm³/mol. The van der Waals surface area contributed by atoms with Gasteiger partial charge in [-0.1, -0.05) is 0 Å². The maximum atomic E-state index is 11.1. The Morgan fingerprint density at radius 2 is 1.77 bits per heavy atom. The lowest BCUT2D eigenvalue weighted by Crippen LogP contribution is -2.48. The lowest BCUT2D eigenvalue weighted by Gasteiger charge is -2.11. The Balaban J connectivity index is 3.96. The van der Waals surface area contributed by atoms with Crippen LogP contribution in [0.15, 0.2) is 0 Å². The van der Waals surface area contributed by atoms with Crippen molar-refractivity contribution in [3.8, 4) is 0 Å². The van der Waals surface area contributed by atoms with E-state index in [0.29, 0.717) is 0 Å². The quantitative estimate of drug-likeness (QED) is 0.516. The average Bonchev–Trinajstić information content (AvgIpc) is 2.02. The third-order valence-corrected chi connectivity index (χ3v) is 1.28. The standard InChI is InChI=1S/C7H13N3O3/c1-4(9-5(2)11)6(12)10-7(13)8-3/h4H,1-3H3,(H,9,11)(H2,8,10,12,13)/t4-/m1/s1. The van der Waals surface area contributed by atoms with Crippen LogP contribution < -0.4 is 16.0 Å². The molecule has 6 heteroatoms. The lowest BCUT2D eigenvalue weighted by atomic mass is 10.3. The van der Waals surface area contributed by atoms with Crippen LogP contribution in [-0.2, 0) is 9.59 Å². The van der Waals surface area contributed by atoms with Gasteiger partial charge in [0.1, 0.15) is 6.04 Å². The number of carbonyl (C=O) groups is 3. The van der Waals surface area contributed by atoms with E-state index in [2.05, 4.69) is 10.6 Å². The van der Waals surface area contributed by atoms with Gasteiger partial charge in [0, 0.05) is 14.0 Å². The molecule has 0 aliphatic rings. The SMILES string of the molecule is CNC(=O)NC(=O)[C@@H](C)NC(C)=O. The summed E-state index contributed by atoms with van der Waals surface area (Å²) in [4.78, 5) is 32.2. The molecule has 1 atom stereocenters. The molecule has 6 nitrogen and oxygen atoms in total. The van der Waals surface area contributed by atoms with E-state index in [-0.39, 0.29) is 5.91 Å². The summed E-state index contributed by atoms with van der Waals surface area (Å²) >= 11 is 0. The van der Waals surface area contributed by atoms with Gasteiger partial charge in [0.05, 0.1) is 0 Å². The van der Waals surface area contributed by atoms with Crippen molar-refractivity contribution < 1.29 is 14.4 Å². The van der Waals surface area contributed by atoms with Gasteiger partial charge in [-0.05, 0) is 6.92 Å². The summed E-state index contributed by atoms with van der Waals surface area (Å²) in [5, 5.41) is 6.59. The van der Waals surface area contributed by atoms with E-state index in [4.69, 9.17) is 0 Å². The number of carbonyl (C=O) groups excluding carboxylic acids is 3. The number of nitrogens with one attached hydrogen (secondary N) is 3. The van der Waals surface area contributed by atoms with Crippen LogP contribution in [0, 0.1) is 0 Å². The summed E-state index contributed by atoms with van der Waals surface area (Å²) < 4.78 is 0. The van der Waals surface area contributed by atoms with Crippen molar-refractivity contribution in [2.75, 3.05) is 7.05 Å². The third kappa shape index (κ3) is 4.78. The second-order valence-electron chi connectivity index (χ2n) is 2.49. The van der Waals surface area contributed by atoms with Gasteiger partial charge in [-0.3, -0.25) is 14.9 Å². The molecule has 4 amide bonds. The molecule has 0 unspecified atom stereocenters. The second-order valence-corrected chi connectivity index (χ2v) is 2.49. The van der Waals surface area contributed by atoms with Gasteiger partial charge in [0.15, 0.2) is 0 Å². The highest BCUT2D eigenvalue weighted by Gasteiger charge is 2.15. The summed E-state index contributed by atoms with van der Waals surface area (Å²) in [6.45, 7) is 2.78. The number of rotatable bonds is 2. The molecule has 0 aromatic heterocycles. The summed E-state index contributed by atoms with van der Waals surface area (Å²) in [6, 6.07) is -1.31. The molecular formula is C7H13N3O3. The van der Waals surface area contributed by atoms with Gasteiger partial charge >= 0.3 is 6.03 Å². The minimum Gasteiger partial charge on any atom is -0.345 e. The first kappa shape index (κ1) is 11.4. The van der Waals surface area contributed by atoms with Crippen LogP contribution in [-0.4, -0.2) is 30.9 Å². The normalized spacial score (nSPS) is 11.3. The monoisotopic (exact) mass is 187 g/mol. The van der Waals surface area contributed by atoms with Gasteiger partial charge < -0.3 is 10.6 Å². The molecule has 0 fully saturated rings. The second kappa shape index (κ2) is 5.13. The molecular weight excluding hydrogens is 174 g/mol. The molecule has 0 heterocycles. The molecule has 0 aliphatic carbocycles. The fourth-order valence-corrected chi connectivity index (χ4v) is 0.653. The first-order chi connectivity index (χ1) is 5.97. The van der Waals surface area contributed by atoms with Crippen molar-refractivity contribution in [1.82, 2.24) is 16.0 Å². The lowest BCUT2D eigenvalue weighted by molar-refractivity contribution is -0.126. The molecule has 0 rings (SSSR count). The van der Waals surface area contributed by atoms with Crippen molar-refractivity contribution in [1.29, 1.82) is 0 Å². The molecule has 0 radical (unpaired) electrons. The Bertz CT molecular complexity index is 227. The van der Waals surface area contributed by atoms with Gasteiger partial charge in [-0.2, -0.15) is 0 Å². The summed E-state index contributed by atoms with van der Waals surface area (Å²) in [5.74, 6) is -0.867. The van der Waals surface area contributed by atoms with E-state index in [0.717, 1.165) is 0 Å². The smallest absolute Gasteiger partial charge is 0.321 e. The Morgan fingerprint density at radius 3 is 2.15 bits per heavy atom. The topological polar surface area (TPSA) is 87.3 Å². The molecule has 3 N–H and O–H groups in total. The van der Waals surface area contributed by atoms with Crippen molar-refractivity contribution >= 4 is 17.8 Å². The van der Waals surface area contributed by atoms with Crippen molar-refractivity contribution in [2.24, 2.45) is 0 Å². The number of urea groups is 1. The van der Waals surface area contributed by atoms with Gasteiger partial charge in [-0.15, -0.1) is 0 Å². The van der Waals surface area contributed by atoms with E-state index >= 15 is 0 Å². The summed E-state index contributed by atoms with van der Waals surface area (Å²) in [6.07, 6.45) is 0. The van der Waals surface area contributed by atoms with Gasteiger partial charge in [0.25, 0.3) is 0 Å². The Morgan fingerprint density at radius 1 is 1.23 bits per heavy atom. The molecule has 13 heavy (non-hydrogen) atoms. The Kier molecular flexibility index (Phi) is 4.50. The van der Waals surface area contributed by atoms with Crippen LogP contribution in [0.1, 0.15) is 13.8 Å². The number of amides is 4. The van der Waals surface area contributed by atoms with E-state index in [9.17, 15) is 14.4 Å². The van der Waals surface area contributed by atoms with E-state index in [1.807, 2.05) is 5.32 Å². The van der Waals surface area contributed by atoms with Crippen LogP contribution in [0.4, 0.5) is 4.79 Å². The molecule has 0 spiro atoms. The number of imide groups is 1. The molecule has 0 saturated carbocycles. The maximum Gasteiger partial charge on any atom is 0.321 e. The highest BCUT2D eigenvalue weighted by molar-refractivity contribution is 5.98. The zero-order valence-corrected chi connectivity index (χ0v) is 7.80. The molecule has 0 aliphatic heterocycles. The number of hydrogen-bond donors (Lipinski definition) is 3. The number of hydrogen-bond acceptors (Lipinski definition) is 3. The van der Waals surface area contributed by atoms with Crippen LogP contribution in [0.5, 0.6) is 0 Å².